The van der Waals surface area contributed by atoms with Gasteiger partial charge in [-0.25, -0.2) is 0 Å². The second-order valence-corrected chi connectivity index (χ2v) is 5.52. The number of hydrogen-bond acceptors (Lipinski definition) is 2. The van der Waals surface area contributed by atoms with Gasteiger partial charge in [0.15, 0.2) is 0 Å². The highest BCUT2D eigenvalue weighted by molar-refractivity contribution is 5.78. The summed E-state index contributed by atoms with van der Waals surface area (Å²) >= 11 is 0. The minimum Gasteiger partial charge on any atom is -0.354 e. The molecular weight excluding hydrogens is 281 g/mol. The summed E-state index contributed by atoms with van der Waals surface area (Å²) in [6.45, 7) is 0.591. The first kappa shape index (κ1) is 15.8. The van der Waals surface area contributed by atoms with E-state index in [2.05, 4.69) is 10.6 Å². The number of benzene rings is 1. The van der Waals surface area contributed by atoms with Crippen molar-refractivity contribution in [3.8, 4) is 0 Å². The summed E-state index contributed by atoms with van der Waals surface area (Å²) in [6.07, 6.45) is -1.77. The Bertz CT molecular complexity index is 510. The van der Waals surface area contributed by atoms with Gasteiger partial charge in [-0.1, -0.05) is 24.6 Å². The van der Waals surface area contributed by atoms with E-state index >= 15 is 0 Å². The van der Waals surface area contributed by atoms with E-state index in [4.69, 9.17) is 0 Å². The molecule has 1 amide bonds. The summed E-state index contributed by atoms with van der Waals surface area (Å²) in [4.78, 5) is 11.5. The van der Waals surface area contributed by atoms with Crippen molar-refractivity contribution in [2.24, 2.45) is 0 Å². The third-order valence-corrected chi connectivity index (χ3v) is 4.07. The van der Waals surface area contributed by atoms with E-state index in [9.17, 15) is 18.0 Å². The van der Waals surface area contributed by atoms with Crippen LogP contribution in [0.4, 0.5) is 13.2 Å². The van der Waals surface area contributed by atoms with E-state index in [0.29, 0.717) is 12.1 Å². The minimum absolute atomic E-state index is 0.143. The topological polar surface area (TPSA) is 41.1 Å². The lowest BCUT2D eigenvalue weighted by atomic mass is 9.64. The zero-order valence-electron chi connectivity index (χ0n) is 11.9. The quantitative estimate of drug-likeness (QED) is 0.877. The monoisotopic (exact) mass is 300 g/mol. The average Bonchev–Trinajstić information content (AvgIpc) is 2.37. The van der Waals surface area contributed by atoms with Gasteiger partial charge >= 0.3 is 6.18 Å². The Hall–Kier alpha value is -1.56. The van der Waals surface area contributed by atoms with Crippen LogP contribution >= 0.6 is 0 Å². The van der Waals surface area contributed by atoms with Crippen LogP contribution in [-0.2, 0) is 16.4 Å². The molecule has 0 heterocycles. The number of alkyl halides is 3. The van der Waals surface area contributed by atoms with Crippen LogP contribution in [0.3, 0.4) is 0 Å². The van der Waals surface area contributed by atoms with Gasteiger partial charge in [-0.2, -0.15) is 13.2 Å². The molecule has 2 rings (SSSR count). The van der Waals surface area contributed by atoms with Crippen molar-refractivity contribution in [3.63, 3.8) is 0 Å². The number of hydrogen-bond donors (Lipinski definition) is 2. The maximum Gasteiger partial charge on any atom is 0.416 e. The normalized spacial score (nSPS) is 17.1. The average molecular weight is 300 g/mol. The number of carbonyl (C=O) groups is 1. The van der Waals surface area contributed by atoms with E-state index in [0.717, 1.165) is 25.3 Å². The Balaban J connectivity index is 2.15. The summed E-state index contributed by atoms with van der Waals surface area (Å²) < 4.78 is 38.4. The molecule has 0 atom stereocenters. The third kappa shape index (κ3) is 3.56. The standard InChI is InChI=1S/C15H19F3N2O/c1-19-9-13(21)20-10-14(6-3-7-14)11-4-2-5-12(8-11)15(16,17)18/h2,4-5,8,19H,3,6-7,9-10H2,1H3,(H,20,21). The molecule has 2 N–H and O–H groups in total. The third-order valence-electron chi connectivity index (χ3n) is 4.07. The van der Waals surface area contributed by atoms with Crippen LogP contribution in [0.15, 0.2) is 24.3 Å². The highest BCUT2D eigenvalue weighted by atomic mass is 19.4. The van der Waals surface area contributed by atoms with Crippen LogP contribution in [0.1, 0.15) is 30.4 Å². The molecule has 0 unspecified atom stereocenters. The first-order chi connectivity index (χ1) is 9.87. The van der Waals surface area contributed by atoms with Gasteiger partial charge in [0.25, 0.3) is 0 Å². The lowest BCUT2D eigenvalue weighted by molar-refractivity contribution is -0.137. The zero-order chi connectivity index (χ0) is 15.5. The summed E-state index contributed by atoms with van der Waals surface area (Å²) in [7, 11) is 1.67. The van der Waals surface area contributed by atoms with Crippen LogP contribution in [0, 0.1) is 0 Å². The van der Waals surface area contributed by atoms with Crippen LogP contribution in [-0.4, -0.2) is 26.0 Å². The molecule has 0 bridgehead atoms. The first-order valence-corrected chi connectivity index (χ1v) is 6.96. The molecule has 1 aliphatic rings. The van der Waals surface area contributed by atoms with E-state index in [1.165, 1.54) is 12.1 Å². The Kier molecular flexibility index (Phi) is 4.56. The second kappa shape index (κ2) is 6.05. The Morgan fingerprint density at radius 1 is 1.33 bits per heavy atom. The Labute approximate surface area is 121 Å². The molecule has 1 aliphatic carbocycles. The van der Waals surface area contributed by atoms with Crippen molar-refractivity contribution in [3.05, 3.63) is 35.4 Å². The first-order valence-electron chi connectivity index (χ1n) is 6.96. The predicted molar refractivity (Wildman–Crippen MR) is 73.9 cm³/mol. The number of carbonyl (C=O) groups excluding carboxylic acids is 1. The van der Waals surface area contributed by atoms with Crippen LogP contribution in [0.2, 0.25) is 0 Å². The summed E-state index contributed by atoms with van der Waals surface area (Å²) in [5, 5.41) is 5.55. The van der Waals surface area contributed by atoms with Gasteiger partial charge in [0, 0.05) is 12.0 Å². The molecule has 0 spiro atoms. The molecular formula is C15H19F3N2O. The van der Waals surface area contributed by atoms with Crippen molar-refractivity contribution >= 4 is 5.91 Å². The maximum absolute atomic E-state index is 12.8. The van der Waals surface area contributed by atoms with Crippen molar-refractivity contribution in [2.45, 2.75) is 30.9 Å². The summed E-state index contributed by atoms with van der Waals surface area (Å²) in [6, 6.07) is 5.45. The highest BCUT2D eigenvalue weighted by Gasteiger charge is 2.40. The van der Waals surface area contributed by atoms with Gasteiger partial charge in [-0.05, 0) is 31.5 Å². The number of likely N-dealkylation sites (N-methyl/N-ethyl adjacent to an activating group) is 1. The number of nitrogens with one attached hydrogen (secondary N) is 2. The molecule has 0 saturated heterocycles. The summed E-state index contributed by atoms with van der Waals surface area (Å²) in [5.74, 6) is -0.143. The van der Waals surface area contributed by atoms with E-state index in [1.54, 1.807) is 13.1 Å². The lowest BCUT2D eigenvalue weighted by Crippen LogP contribution is -2.47. The molecule has 0 aromatic heterocycles. The van der Waals surface area contributed by atoms with Gasteiger partial charge in [0.2, 0.25) is 5.91 Å². The highest BCUT2D eigenvalue weighted by Crippen LogP contribution is 2.44. The van der Waals surface area contributed by atoms with Gasteiger partial charge in [0.05, 0.1) is 12.1 Å². The fourth-order valence-electron chi connectivity index (χ4n) is 2.69. The van der Waals surface area contributed by atoms with Gasteiger partial charge in [0.1, 0.15) is 0 Å². The fourth-order valence-corrected chi connectivity index (χ4v) is 2.69. The van der Waals surface area contributed by atoms with E-state index in [1.807, 2.05) is 0 Å². The van der Waals surface area contributed by atoms with E-state index < -0.39 is 11.7 Å². The van der Waals surface area contributed by atoms with Crippen molar-refractivity contribution in [2.75, 3.05) is 20.1 Å². The molecule has 3 nitrogen and oxygen atoms in total. The summed E-state index contributed by atoms with van der Waals surface area (Å²) in [5.41, 5.74) is -0.328. The maximum atomic E-state index is 12.8. The Morgan fingerprint density at radius 2 is 2.05 bits per heavy atom. The van der Waals surface area contributed by atoms with Crippen molar-refractivity contribution < 1.29 is 18.0 Å². The molecule has 1 aromatic carbocycles. The number of amides is 1. The second-order valence-electron chi connectivity index (χ2n) is 5.52. The van der Waals surface area contributed by atoms with Crippen LogP contribution < -0.4 is 10.6 Å². The fraction of sp³-hybridized carbons (Fsp3) is 0.533. The number of rotatable bonds is 5. The molecule has 1 fully saturated rings. The molecule has 21 heavy (non-hydrogen) atoms. The molecule has 6 heteroatoms. The molecule has 1 aromatic rings. The Morgan fingerprint density at radius 3 is 2.57 bits per heavy atom. The molecule has 116 valence electrons. The lowest BCUT2D eigenvalue weighted by Gasteiger charge is -2.43. The van der Waals surface area contributed by atoms with E-state index in [-0.39, 0.29) is 17.9 Å². The predicted octanol–water partition coefficient (Wildman–Crippen LogP) is 2.46. The van der Waals surface area contributed by atoms with Gasteiger partial charge in [-0.15, -0.1) is 0 Å². The SMILES string of the molecule is CNCC(=O)NCC1(c2cccc(C(F)(F)F)c2)CCC1. The molecule has 0 aliphatic heterocycles. The molecule has 1 saturated carbocycles. The van der Waals surface area contributed by atoms with Crippen molar-refractivity contribution in [1.29, 1.82) is 0 Å². The van der Waals surface area contributed by atoms with Crippen LogP contribution in [0.25, 0.3) is 0 Å². The number of halogens is 3. The van der Waals surface area contributed by atoms with Gasteiger partial charge in [-0.3, -0.25) is 4.79 Å². The minimum atomic E-state index is -4.34. The van der Waals surface area contributed by atoms with Crippen molar-refractivity contribution in [1.82, 2.24) is 10.6 Å². The van der Waals surface area contributed by atoms with Crippen LogP contribution in [0.5, 0.6) is 0 Å². The zero-order valence-corrected chi connectivity index (χ0v) is 11.9. The smallest absolute Gasteiger partial charge is 0.354 e. The van der Waals surface area contributed by atoms with Gasteiger partial charge < -0.3 is 10.6 Å². The molecule has 0 radical (unpaired) electrons. The largest absolute Gasteiger partial charge is 0.416 e.